The van der Waals surface area contributed by atoms with Gasteiger partial charge in [0.15, 0.2) is 5.96 Å². The van der Waals surface area contributed by atoms with Crippen LogP contribution in [0.15, 0.2) is 29.3 Å². The van der Waals surface area contributed by atoms with Crippen molar-refractivity contribution in [3.05, 3.63) is 35.4 Å². The van der Waals surface area contributed by atoms with Crippen molar-refractivity contribution in [3.8, 4) is 0 Å². The van der Waals surface area contributed by atoms with Crippen LogP contribution in [-0.4, -0.2) is 31.3 Å². The summed E-state index contributed by atoms with van der Waals surface area (Å²) in [5.74, 6) is 3.16. The first-order chi connectivity index (χ1) is 8.84. The third-order valence-electron chi connectivity index (χ3n) is 2.83. The van der Waals surface area contributed by atoms with Gasteiger partial charge in [0.2, 0.25) is 0 Å². The second kappa shape index (κ2) is 9.47. The first kappa shape index (κ1) is 16.6. The normalized spacial score (nSPS) is 14.1. The Kier molecular flexibility index (Phi) is 8.29. The molecule has 0 atom stereocenters. The summed E-state index contributed by atoms with van der Waals surface area (Å²) in [5.41, 5.74) is 2.73. The van der Waals surface area contributed by atoms with Gasteiger partial charge < -0.3 is 10.6 Å². The number of benzene rings is 1. The second-order valence-corrected chi connectivity index (χ2v) is 5.58. The van der Waals surface area contributed by atoms with E-state index >= 15 is 0 Å². The van der Waals surface area contributed by atoms with E-state index in [4.69, 9.17) is 0 Å². The third-order valence-corrected chi connectivity index (χ3v) is 3.86. The molecular formula is C14H22IN3S. The van der Waals surface area contributed by atoms with E-state index in [0.717, 1.165) is 43.5 Å². The molecule has 1 heterocycles. The molecule has 19 heavy (non-hydrogen) atoms. The van der Waals surface area contributed by atoms with Crippen LogP contribution in [0.2, 0.25) is 0 Å². The van der Waals surface area contributed by atoms with Gasteiger partial charge in [-0.1, -0.05) is 29.8 Å². The van der Waals surface area contributed by atoms with E-state index in [9.17, 15) is 0 Å². The van der Waals surface area contributed by atoms with Crippen molar-refractivity contribution >= 4 is 41.7 Å². The Balaban J connectivity index is 0.00000180. The van der Waals surface area contributed by atoms with Crippen LogP contribution < -0.4 is 10.6 Å². The number of guanidine groups is 1. The molecule has 0 spiro atoms. The summed E-state index contributed by atoms with van der Waals surface area (Å²) in [6.07, 6.45) is 1.15. The van der Waals surface area contributed by atoms with Gasteiger partial charge >= 0.3 is 0 Å². The highest BCUT2D eigenvalue weighted by atomic mass is 127. The van der Waals surface area contributed by atoms with Gasteiger partial charge in [0.1, 0.15) is 0 Å². The van der Waals surface area contributed by atoms with Crippen molar-refractivity contribution in [1.29, 1.82) is 0 Å². The van der Waals surface area contributed by atoms with Gasteiger partial charge in [-0.2, -0.15) is 11.8 Å². The molecule has 106 valence electrons. The van der Waals surface area contributed by atoms with Crippen molar-refractivity contribution in [2.45, 2.75) is 19.1 Å². The molecule has 1 aliphatic rings. The van der Waals surface area contributed by atoms with E-state index in [1.54, 1.807) is 0 Å². The maximum absolute atomic E-state index is 4.38. The van der Waals surface area contributed by atoms with Gasteiger partial charge in [-0.15, -0.1) is 24.0 Å². The Bertz CT molecular complexity index is 392. The van der Waals surface area contributed by atoms with Crippen LogP contribution >= 0.6 is 35.7 Å². The summed E-state index contributed by atoms with van der Waals surface area (Å²) in [4.78, 5) is 4.38. The quantitative estimate of drug-likeness (QED) is 0.599. The number of aliphatic imine (C=N–C) groups is 1. The molecule has 0 radical (unpaired) electrons. The van der Waals surface area contributed by atoms with Crippen molar-refractivity contribution in [2.75, 3.05) is 25.4 Å². The molecule has 1 aromatic rings. The van der Waals surface area contributed by atoms with Crippen molar-refractivity contribution in [3.63, 3.8) is 0 Å². The predicted octanol–water partition coefficient (Wildman–Crippen LogP) is 2.79. The van der Waals surface area contributed by atoms with Gasteiger partial charge in [0.25, 0.3) is 0 Å². The number of nitrogens with zero attached hydrogens (tertiary/aromatic N) is 1. The van der Waals surface area contributed by atoms with E-state index in [1.165, 1.54) is 11.1 Å². The highest BCUT2D eigenvalue weighted by Gasteiger charge is 2.01. The lowest BCUT2D eigenvalue weighted by Gasteiger charge is -2.15. The number of hydrogen-bond acceptors (Lipinski definition) is 4. The minimum absolute atomic E-state index is 0. The Morgan fingerprint density at radius 1 is 1.32 bits per heavy atom. The Hall–Kier alpha value is -0.430. The lowest BCUT2D eigenvalue weighted by atomic mass is 10.2. The summed E-state index contributed by atoms with van der Waals surface area (Å²) in [5, 5.41) is 6.60. The van der Waals surface area contributed by atoms with Gasteiger partial charge in [-0.3, -0.25) is 4.99 Å². The zero-order chi connectivity index (χ0) is 12.6. The topological polar surface area (TPSA) is 36.4 Å². The molecule has 0 fully saturated rings. The molecular weight excluding hydrogens is 369 g/mol. The molecule has 0 aromatic heterocycles. The molecule has 2 N–H and O–H groups in total. The van der Waals surface area contributed by atoms with Gasteiger partial charge in [-0.05, 0) is 18.9 Å². The standard InChI is InChI=1S/C14H21N3S.HI/c1-12-3-5-13(6-4-12)11-18-10-9-17-14-15-7-2-8-16-14;/h3-6H,2,7-11H2,1H3,(H2,15,16,17);1H. The summed E-state index contributed by atoms with van der Waals surface area (Å²) >= 11 is 1.96. The van der Waals surface area contributed by atoms with Gasteiger partial charge in [-0.25, -0.2) is 0 Å². The zero-order valence-electron chi connectivity index (χ0n) is 11.3. The number of nitrogens with one attached hydrogen (secondary N) is 2. The summed E-state index contributed by atoms with van der Waals surface area (Å²) < 4.78 is 0. The maximum Gasteiger partial charge on any atom is 0.191 e. The fourth-order valence-corrected chi connectivity index (χ4v) is 2.59. The zero-order valence-corrected chi connectivity index (χ0v) is 14.5. The molecule has 0 saturated heterocycles. The average Bonchev–Trinajstić information content (AvgIpc) is 2.42. The predicted molar refractivity (Wildman–Crippen MR) is 95.7 cm³/mol. The number of aryl methyl sites for hydroxylation is 1. The Morgan fingerprint density at radius 2 is 2.11 bits per heavy atom. The van der Waals surface area contributed by atoms with Gasteiger partial charge in [0, 0.05) is 31.1 Å². The van der Waals surface area contributed by atoms with Crippen LogP contribution in [0, 0.1) is 6.92 Å². The fraction of sp³-hybridized carbons (Fsp3) is 0.500. The third kappa shape index (κ3) is 6.51. The van der Waals surface area contributed by atoms with Crippen LogP contribution in [0.3, 0.4) is 0 Å². The molecule has 3 nitrogen and oxygen atoms in total. The summed E-state index contributed by atoms with van der Waals surface area (Å²) in [6.45, 7) is 5.09. The second-order valence-electron chi connectivity index (χ2n) is 4.48. The van der Waals surface area contributed by atoms with Crippen LogP contribution in [0.25, 0.3) is 0 Å². The fourth-order valence-electron chi connectivity index (χ4n) is 1.77. The van der Waals surface area contributed by atoms with Gasteiger partial charge in [0.05, 0.1) is 0 Å². The van der Waals surface area contributed by atoms with Crippen molar-refractivity contribution in [1.82, 2.24) is 10.6 Å². The van der Waals surface area contributed by atoms with E-state index in [2.05, 4.69) is 46.8 Å². The molecule has 0 bridgehead atoms. The van der Waals surface area contributed by atoms with Crippen molar-refractivity contribution < 1.29 is 0 Å². The first-order valence-electron chi connectivity index (χ1n) is 6.50. The molecule has 0 saturated carbocycles. The molecule has 5 heteroatoms. The van der Waals surface area contributed by atoms with Crippen molar-refractivity contribution in [2.24, 2.45) is 4.99 Å². The van der Waals surface area contributed by atoms with Crippen LogP contribution in [-0.2, 0) is 5.75 Å². The minimum atomic E-state index is 0. The number of rotatable bonds is 5. The lowest BCUT2D eigenvalue weighted by molar-refractivity contribution is 0.709. The largest absolute Gasteiger partial charge is 0.356 e. The summed E-state index contributed by atoms with van der Waals surface area (Å²) in [6, 6.07) is 8.77. The molecule has 0 amide bonds. The SMILES string of the molecule is Cc1ccc(CSCCNC2=NCCCN2)cc1.I. The van der Waals surface area contributed by atoms with Crippen LogP contribution in [0.5, 0.6) is 0 Å². The monoisotopic (exact) mass is 391 g/mol. The highest BCUT2D eigenvalue weighted by Crippen LogP contribution is 2.12. The molecule has 1 aliphatic heterocycles. The maximum atomic E-state index is 4.38. The van der Waals surface area contributed by atoms with E-state index in [1.807, 2.05) is 11.8 Å². The van der Waals surface area contributed by atoms with Crippen LogP contribution in [0.1, 0.15) is 17.5 Å². The van der Waals surface area contributed by atoms with E-state index in [-0.39, 0.29) is 24.0 Å². The number of hydrogen-bond donors (Lipinski definition) is 2. The minimum Gasteiger partial charge on any atom is -0.356 e. The number of thioether (sulfide) groups is 1. The Labute approximate surface area is 137 Å². The first-order valence-corrected chi connectivity index (χ1v) is 7.65. The molecule has 0 unspecified atom stereocenters. The van der Waals surface area contributed by atoms with E-state index in [0.29, 0.717) is 0 Å². The number of halogens is 1. The van der Waals surface area contributed by atoms with E-state index < -0.39 is 0 Å². The molecule has 0 aliphatic carbocycles. The summed E-state index contributed by atoms with van der Waals surface area (Å²) in [7, 11) is 0. The molecule has 1 aromatic carbocycles. The molecule has 2 rings (SSSR count). The lowest BCUT2D eigenvalue weighted by Crippen LogP contribution is -2.41. The average molecular weight is 391 g/mol. The highest BCUT2D eigenvalue weighted by molar-refractivity contribution is 14.0. The Morgan fingerprint density at radius 3 is 2.79 bits per heavy atom. The van der Waals surface area contributed by atoms with Crippen LogP contribution in [0.4, 0.5) is 0 Å². The smallest absolute Gasteiger partial charge is 0.191 e.